The van der Waals surface area contributed by atoms with Gasteiger partial charge in [-0.25, -0.2) is 0 Å². The number of aromatic nitrogens is 2. The molecule has 2 rings (SSSR count). The van der Waals surface area contributed by atoms with Crippen molar-refractivity contribution in [2.75, 3.05) is 13.6 Å². The molecule has 0 saturated heterocycles. The highest BCUT2D eigenvalue weighted by Crippen LogP contribution is 2.08. The maximum absolute atomic E-state index is 4.24. The Morgan fingerprint density at radius 2 is 2.00 bits per heavy atom. The van der Waals surface area contributed by atoms with Crippen LogP contribution in [0.4, 0.5) is 0 Å². The van der Waals surface area contributed by atoms with E-state index in [9.17, 15) is 0 Å². The van der Waals surface area contributed by atoms with E-state index < -0.39 is 0 Å². The molecule has 1 aromatic carbocycles. The van der Waals surface area contributed by atoms with Gasteiger partial charge in [-0.1, -0.05) is 31.2 Å². The van der Waals surface area contributed by atoms with Crippen molar-refractivity contribution < 1.29 is 0 Å². The van der Waals surface area contributed by atoms with Crippen LogP contribution >= 0.6 is 0 Å². The molecule has 0 radical (unpaired) electrons. The monoisotopic (exact) mass is 285 g/mol. The van der Waals surface area contributed by atoms with Crippen LogP contribution in [-0.4, -0.2) is 29.3 Å². The molecule has 5 nitrogen and oxygen atoms in total. The SMILES string of the molecule is CCc1ccccc1CNC(=NC)NCCn1cccn1. The van der Waals surface area contributed by atoms with Crippen molar-refractivity contribution >= 4 is 5.96 Å². The highest BCUT2D eigenvalue weighted by atomic mass is 15.3. The van der Waals surface area contributed by atoms with Crippen LogP contribution in [0.5, 0.6) is 0 Å². The molecule has 0 unspecified atom stereocenters. The molecule has 1 heterocycles. The van der Waals surface area contributed by atoms with Crippen LogP contribution in [-0.2, 0) is 19.5 Å². The normalized spacial score (nSPS) is 11.4. The first-order valence-electron chi connectivity index (χ1n) is 7.32. The van der Waals surface area contributed by atoms with Crippen LogP contribution in [0.3, 0.4) is 0 Å². The van der Waals surface area contributed by atoms with Crippen molar-refractivity contribution in [3.63, 3.8) is 0 Å². The van der Waals surface area contributed by atoms with E-state index in [-0.39, 0.29) is 0 Å². The molecule has 112 valence electrons. The van der Waals surface area contributed by atoms with E-state index >= 15 is 0 Å². The second-order valence-corrected chi connectivity index (χ2v) is 4.74. The molecule has 21 heavy (non-hydrogen) atoms. The Morgan fingerprint density at radius 3 is 2.67 bits per heavy atom. The third-order valence-corrected chi connectivity index (χ3v) is 3.36. The number of aryl methyl sites for hydroxylation is 1. The van der Waals surface area contributed by atoms with Gasteiger partial charge in [0.1, 0.15) is 0 Å². The average molecular weight is 285 g/mol. The molecule has 0 aliphatic rings. The Hall–Kier alpha value is -2.30. The van der Waals surface area contributed by atoms with E-state index in [1.54, 1.807) is 13.2 Å². The lowest BCUT2D eigenvalue weighted by Gasteiger charge is -2.13. The predicted molar refractivity (Wildman–Crippen MR) is 86.2 cm³/mol. The Labute approximate surface area is 126 Å². The minimum atomic E-state index is 0.783. The van der Waals surface area contributed by atoms with E-state index in [2.05, 4.69) is 51.9 Å². The van der Waals surface area contributed by atoms with Crippen molar-refractivity contribution in [1.29, 1.82) is 0 Å². The maximum Gasteiger partial charge on any atom is 0.191 e. The lowest BCUT2D eigenvalue weighted by molar-refractivity contribution is 0.597. The van der Waals surface area contributed by atoms with Gasteiger partial charge in [0.05, 0.1) is 6.54 Å². The predicted octanol–water partition coefficient (Wildman–Crippen LogP) is 1.81. The molecule has 2 aromatic rings. The van der Waals surface area contributed by atoms with Gasteiger partial charge < -0.3 is 10.6 Å². The van der Waals surface area contributed by atoms with Crippen molar-refractivity contribution in [3.8, 4) is 0 Å². The van der Waals surface area contributed by atoms with Gasteiger partial charge in [0.2, 0.25) is 0 Å². The number of hydrogen-bond acceptors (Lipinski definition) is 2. The van der Waals surface area contributed by atoms with E-state index in [0.717, 1.165) is 32.0 Å². The fourth-order valence-electron chi connectivity index (χ4n) is 2.20. The van der Waals surface area contributed by atoms with Gasteiger partial charge in [-0.2, -0.15) is 5.10 Å². The maximum atomic E-state index is 4.24. The molecule has 2 N–H and O–H groups in total. The summed E-state index contributed by atoms with van der Waals surface area (Å²) in [5, 5.41) is 10.8. The second kappa shape index (κ2) is 8.09. The van der Waals surface area contributed by atoms with E-state index in [4.69, 9.17) is 0 Å². The van der Waals surface area contributed by atoms with Crippen molar-refractivity contribution in [2.24, 2.45) is 4.99 Å². The molecule has 0 aliphatic heterocycles. The average Bonchev–Trinajstić information content (AvgIpc) is 3.04. The topological polar surface area (TPSA) is 54.2 Å². The molecule has 0 bridgehead atoms. The van der Waals surface area contributed by atoms with E-state index in [1.165, 1.54) is 11.1 Å². The first-order chi connectivity index (χ1) is 10.3. The molecule has 0 amide bonds. The zero-order valence-electron chi connectivity index (χ0n) is 12.7. The quantitative estimate of drug-likeness (QED) is 0.629. The zero-order chi connectivity index (χ0) is 14.9. The highest BCUT2D eigenvalue weighted by Gasteiger charge is 2.01. The first kappa shape index (κ1) is 15.1. The van der Waals surface area contributed by atoms with Gasteiger partial charge in [-0.15, -0.1) is 0 Å². The first-order valence-corrected chi connectivity index (χ1v) is 7.32. The fraction of sp³-hybridized carbons (Fsp3) is 0.375. The molecule has 1 aromatic heterocycles. The van der Waals surface area contributed by atoms with Crippen LogP contribution in [0.25, 0.3) is 0 Å². The standard InChI is InChI=1S/C16H23N5/c1-3-14-7-4-5-8-15(14)13-19-16(17-2)18-10-12-21-11-6-9-20-21/h4-9,11H,3,10,12-13H2,1-2H3,(H2,17,18,19). The highest BCUT2D eigenvalue weighted by molar-refractivity contribution is 5.79. The Balaban J connectivity index is 1.80. The minimum absolute atomic E-state index is 0.783. The molecular weight excluding hydrogens is 262 g/mol. The molecule has 5 heteroatoms. The lowest BCUT2D eigenvalue weighted by atomic mass is 10.1. The van der Waals surface area contributed by atoms with Crippen LogP contribution in [0.2, 0.25) is 0 Å². The fourth-order valence-corrected chi connectivity index (χ4v) is 2.20. The van der Waals surface area contributed by atoms with Crippen LogP contribution in [0.1, 0.15) is 18.1 Å². The molecular formula is C16H23N5. The summed E-state index contributed by atoms with van der Waals surface area (Å²) in [5.74, 6) is 0.813. The van der Waals surface area contributed by atoms with Crippen molar-refractivity contribution in [2.45, 2.75) is 26.4 Å². The molecule has 0 fully saturated rings. The van der Waals surface area contributed by atoms with Crippen molar-refractivity contribution in [3.05, 3.63) is 53.9 Å². The third kappa shape index (κ3) is 4.63. The number of hydrogen-bond donors (Lipinski definition) is 2. The Kier molecular flexibility index (Phi) is 5.82. The number of benzene rings is 1. The third-order valence-electron chi connectivity index (χ3n) is 3.36. The molecule has 0 atom stereocenters. The molecule has 0 aliphatic carbocycles. The van der Waals surface area contributed by atoms with Gasteiger partial charge in [-0.3, -0.25) is 9.67 Å². The minimum Gasteiger partial charge on any atom is -0.355 e. The van der Waals surface area contributed by atoms with E-state index in [1.807, 2.05) is 16.9 Å². The van der Waals surface area contributed by atoms with Gasteiger partial charge in [0, 0.05) is 32.5 Å². The molecule has 0 saturated carbocycles. The van der Waals surface area contributed by atoms with Crippen LogP contribution in [0.15, 0.2) is 47.7 Å². The summed E-state index contributed by atoms with van der Waals surface area (Å²) in [6.45, 7) is 4.57. The Morgan fingerprint density at radius 1 is 1.19 bits per heavy atom. The summed E-state index contributed by atoms with van der Waals surface area (Å²) in [6, 6.07) is 10.4. The number of nitrogens with one attached hydrogen (secondary N) is 2. The summed E-state index contributed by atoms with van der Waals surface area (Å²) in [7, 11) is 1.79. The van der Waals surface area contributed by atoms with Gasteiger partial charge >= 0.3 is 0 Å². The Bertz CT molecular complexity index is 560. The smallest absolute Gasteiger partial charge is 0.191 e. The van der Waals surface area contributed by atoms with Gasteiger partial charge in [0.25, 0.3) is 0 Å². The number of nitrogens with zero attached hydrogens (tertiary/aromatic N) is 3. The summed E-state index contributed by atoms with van der Waals surface area (Å²) in [6.07, 6.45) is 4.79. The lowest BCUT2D eigenvalue weighted by Crippen LogP contribution is -2.38. The summed E-state index contributed by atoms with van der Waals surface area (Å²) >= 11 is 0. The van der Waals surface area contributed by atoms with E-state index in [0.29, 0.717) is 0 Å². The summed E-state index contributed by atoms with van der Waals surface area (Å²) < 4.78 is 1.90. The van der Waals surface area contributed by atoms with Crippen molar-refractivity contribution in [1.82, 2.24) is 20.4 Å². The summed E-state index contributed by atoms with van der Waals surface area (Å²) in [5.41, 5.74) is 2.69. The number of rotatable bonds is 6. The number of aliphatic imine (C=N–C) groups is 1. The van der Waals surface area contributed by atoms with Crippen LogP contribution < -0.4 is 10.6 Å². The van der Waals surface area contributed by atoms with Crippen LogP contribution in [0, 0.1) is 0 Å². The number of guanidine groups is 1. The zero-order valence-corrected chi connectivity index (χ0v) is 12.7. The summed E-state index contributed by atoms with van der Waals surface area (Å²) in [4.78, 5) is 4.24. The second-order valence-electron chi connectivity index (χ2n) is 4.74. The molecule has 0 spiro atoms. The largest absolute Gasteiger partial charge is 0.355 e. The van der Waals surface area contributed by atoms with Gasteiger partial charge in [0.15, 0.2) is 5.96 Å². The van der Waals surface area contributed by atoms with Gasteiger partial charge in [-0.05, 0) is 23.6 Å².